The largest absolute Gasteiger partial charge is 0.369 e. The Balaban J connectivity index is 1.91. The number of nitrogens with zero attached hydrogens (tertiary/aromatic N) is 2. The first-order valence-corrected chi connectivity index (χ1v) is 9.71. The fourth-order valence-electron chi connectivity index (χ4n) is 3.96. The molecule has 1 aliphatic rings. The summed E-state index contributed by atoms with van der Waals surface area (Å²) in [6, 6.07) is 13.2. The molecule has 0 saturated carbocycles. The summed E-state index contributed by atoms with van der Waals surface area (Å²) in [6.07, 6.45) is 3.19. The maximum absolute atomic E-state index is 4.72. The highest BCUT2D eigenvalue weighted by Crippen LogP contribution is 2.43. The molecule has 0 spiro atoms. The molecule has 0 fully saturated rings. The molecule has 138 valence electrons. The molecule has 0 N–H and O–H groups in total. The number of aryl methyl sites for hydroxylation is 1. The summed E-state index contributed by atoms with van der Waals surface area (Å²) in [5.74, 6) is 1.12. The molecule has 2 heteroatoms. The van der Waals surface area contributed by atoms with E-state index < -0.39 is 0 Å². The maximum atomic E-state index is 4.72. The minimum atomic E-state index is 0.201. The third kappa shape index (κ3) is 3.56. The van der Waals surface area contributed by atoms with E-state index in [1.807, 2.05) is 6.21 Å². The van der Waals surface area contributed by atoms with E-state index in [9.17, 15) is 0 Å². The molecular formula is C24H32N2. The van der Waals surface area contributed by atoms with E-state index in [2.05, 4.69) is 89.9 Å². The fourth-order valence-corrected chi connectivity index (χ4v) is 3.96. The lowest BCUT2D eigenvalue weighted by Crippen LogP contribution is -2.45. The van der Waals surface area contributed by atoms with E-state index in [1.165, 1.54) is 34.4 Å². The van der Waals surface area contributed by atoms with Crippen LogP contribution >= 0.6 is 0 Å². The van der Waals surface area contributed by atoms with Gasteiger partial charge in [0.25, 0.3) is 0 Å². The quantitative estimate of drug-likeness (QED) is 0.571. The van der Waals surface area contributed by atoms with Gasteiger partial charge >= 0.3 is 0 Å². The van der Waals surface area contributed by atoms with E-state index >= 15 is 0 Å². The van der Waals surface area contributed by atoms with Crippen LogP contribution in [0, 0.1) is 6.92 Å². The monoisotopic (exact) mass is 348 g/mol. The minimum Gasteiger partial charge on any atom is -0.369 e. The van der Waals surface area contributed by atoms with Gasteiger partial charge in [-0.25, -0.2) is 0 Å². The Bertz CT molecular complexity index is 813. The van der Waals surface area contributed by atoms with E-state index in [4.69, 9.17) is 4.99 Å². The van der Waals surface area contributed by atoms with E-state index in [-0.39, 0.29) is 5.54 Å². The van der Waals surface area contributed by atoms with Crippen LogP contribution in [0.1, 0.15) is 75.1 Å². The van der Waals surface area contributed by atoms with Gasteiger partial charge < -0.3 is 4.90 Å². The molecule has 0 aromatic heterocycles. The molecule has 1 atom stereocenters. The average Bonchev–Trinajstić information content (AvgIpc) is 2.58. The molecule has 2 aromatic carbocycles. The lowest BCUT2D eigenvalue weighted by Gasteiger charge is -2.45. The van der Waals surface area contributed by atoms with Crippen LogP contribution in [0.4, 0.5) is 11.4 Å². The summed E-state index contributed by atoms with van der Waals surface area (Å²) in [7, 11) is 2.22. The predicted molar refractivity (Wildman–Crippen MR) is 114 cm³/mol. The second-order valence-electron chi connectivity index (χ2n) is 8.75. The standard InChI is InChI=1S/C24H32N2/c1-16(2)19-8-10-21(11-9-19)25-15-20-13-22-18(4)14-24(5,6)26(7)23(22)12-17(20)3/h8-13,15-16,18H,14H2,1-7H3. The summed E-state index contributed by atoms with van der Waals surface area (Å²) in [5, 5.41) is 0. The number of anilines is 1. The SMILES string of the molecule is Cc1cc2c(cc1C=Nc1ccc(C(C)C)cc1)C(C)CC(C)(C)N2C. The Kier molecular flexibility index (Phi) is 4.96. The molecule has 0 bridgehead atoms. The highest BCUT2D eigenvalue weighted by atomic mass is 15.2. The molecule has 0 radical (unpaired) electrons. The molecule has 0 amide bonds. The van der Waals surface area contributed by atoms with Crippen LogP contribution in [0.25, 0.3) is 0 Å². The highest BCUT2D eigenvalue weighted by molar-refractivity contribution is 5.86. The molecule has 26 heavy (non-hydrogen) atoms. The van der Waals surface area contributed by atoms with E-state index in [0.717, 1.165) is 5.69 Å². The van der Waals surface area contributed by atoms with Crippen LogP contribution in [-0.2, 0) is 0 Å². The van der Waals surface area contributed by atoms with Crippen molar-refractivity contribution in [3.8, 4) is 0 Å². The zero-order valence-electron chi connectivity index (χ0n) is 17.3. The number of benzene rings is 2. The highest BCUT2D eigenvalue weighted by Gasteiger charge is 2.34. The fraction of sp³-hybridized carbons (Fsp3) is 0.458. The van der Waals surface area contributed by atoms with E-state index in [0.29, 0.717) is 11.8 Å². The van der Waals surface area contributed by atoms with Crippen LogP contribution in [0.2, 0.25) is 0 Å². The first-order valence-electron chi connectivity index (χ1n) is 9.71. The van der Waals surface area contributed by atoms with Crippen LogP contribution in [0.3, 0.4) is 0 Å². The van der Waals surface area contributed by atoms with Crippen molar-refractivity contribution in [2.45, 2.75) is 65.3 Å². The van der Waals surface area contributed by atoms with Crippen LogP contribution in [-0.4, -0.2) is 18.8 Å². The Morgan fingerprint density at radius 1 is 1.15 bits per heavy atom. The minimum absolute atomic E-state index is 0.201. The van der Waals surface area contributed by atoms with Gasteiger partial charge in [-0.3, -0.25) is 4.99 Å². The molecular weight excluding hydrogens is 316 g/mol. The second kappa shape index (κ2) is 6.90. The van der Waals surface area contributed by atoms with Gasteiger partial charge in [0.2, 0.25) is 0 Å². The van der Waals surface area contributed by atoms with Gasteiger partial charge in [-0.05, 0) is 85.5 Å². The summed E-state index contributed by atoms with van der Waals surface area (Å²) >= 11 is 0. The van der Waals surface area contributed by atoms with Gasteiger partial charge in [-0.2, -0.15) is 0 Å². The van der Waals surface area contributed by atoms with Crippen LogP contribution < -0.4 is 4.90 Å². The first-order chi connectivity index (χ1) is 12.2. The molecule has 3 rings (SSSR count). The van der Waals surface area contributed by atoms with Gasteiger partial charge in [0, 0.05) is 24.5 Å². The summed E-state index contributed by atoms with van der Waals surface area (Å²) in [4.78, 5) is 7.15. The van der Waals surface area contributed by atoms with Crippen molar-refractivity contribution >= 4 is 17.6 Å². The molecule has 1 aliphatic heterocycles. The Labute approximate surface area is 159 Å². The Morgan fingerprint density at radius 2 is 1.81 bits per heavy atom. The van der Waals surface area contributed by atoms with Gasteiger partial charge in [-0.1, -0.05) is 32.9 Å². The first kappa shape index (κ1) is 18.7. The van der Waals surface area contributed by atoms with Crippen molar-refractivity contribution in [2.24, 2.45) is 4.99 Å². The third-order valence-corrected chi connectivity index (χ3v) is 5.93. The van der Waals surface area contributed by atoms with Crippen LogP contribution in [0.5, 0.6) is 0 Å². The number of rotatable bonds is 3. The van der Waals surface area contributed by atoms with Crippen LogP contribution in [0.15, 0.2) is 41.4 Å². The van der Waals surface area contributed by atoms with Crippen molar-refractivity contribution < 1.29 is 0 Å². The number of aliphatic imine (C=N–C) groups is 1. The average molecular weight is 349 g/mol. The molecule has 2 nitrogen and oxygen atoms in total. The van der Waals surface area contributed by atoms with Crippen molar-refractivity contribution in [2.75, 3.05) is 11.9 Å². The summed E-state index contributed by atoms with van der Waals surface area (Å²) < 4.78 is 0. The molecule has 1 unspecified atom stereocenters. The van der Waals surface area contributed by atoms with Gasteiger partial charge in [0.05, 0.1) is 5.69 Å². The van der Waals surface area contributed by atoms with Crippen molar-refractivity contribution in [3.05, 3.63) is 58.7 Å². The third-order valence-electron chi connectivity index (χ3n) is 5.93. The van der Waals surface area contributed by atoms with Crippen molar-refractivity contribution in [3.63, 3.8) is 0 Å². The Morgan fingerprint density at radius 3 is 2.42 bits per heavy atom. The smallest absolute Gasteiger partial charge is 0.0630 e. The van der Waals surface area contributed by atoms with Gasteiger partial charge in [0.1, 0.15) is 0 Å². The van der Waals surface area contributed by atoms with Crippen molar-refractivity contribution in [1.82, 2.24) is 0 Å². The molecule has 0 saturated heterocycles. The normalized spacial score (nSPS) is 19.2. The lowest BCUT2D eigenvalue weighted by molar-refractivity contribution is 0.395. The second-order valence-corrected chi connectivity index (χ2v) is 8.75. The number of hydrogen-bond acceptors (Lipinski definition) is 2. The summed E-state index contributed by atoms with van der Waals surface area (Å²) in [5.41, 5.74) is 7.87. The summed E-state index contributed by atoms with van der Waals surface area (Å²) in [6.45, 7) is 13.6. The predicted octanol–water partition coefficient (Wildman–Crippen LogP) is 6.59. The molecule has 2 aromatic rings. The lowest BCUT2D eigenvalue weighted by atomic mass is 9.79. The topological polar surface area (TPSA) is 15.6 Å². The van der Waals surface area contributed by atoms with Gasteiger partial charge in [0.15, 0.2) is 0 Å². The van der Waals surface area contributed by atoms with Crippen molar-refractivity contribution in [1.29, 1.82) is 0 Å². The van der Waals surface area contributed by atoms with E-state index in [1.54, 1.807) is 0 Å². The zero-order valence-corrected chi connectivity index (χ0v) is 17.3. The maximum Gasteiger partial charge on any atom is 0.0630 e. The van der Waals surface area contributed by atoms with Gasteiger partial charge in [-0.15, -0.1) is 0 Å². The zero-order chi connectivity index (χ0) is 19.1. The molecule has 0 aliphatic carbocycles. The Hall–Kier alpha value is -2.09. The molecule has 1 heterocycles. The number of fused-ring (bicyclic) bond motifs is 1. The number of hydrogen-bond donors (Lipinski definition) is 0.